The minimum atomic E-state index is -1.01. The van der Waals surface area contributed by atoms with Gasteiger partial charge in [0.2, 0.25) is 0 Å². The number of aromatic carboxylic acids is 1. The molecule has 8 nitrogen and oxygen atoms in total. The van der Waals surface area contributed by atoms with Gasteiger partial charge >= 0.3 is 5.97 Å². The molecular formula is C16H16N4O4. The van der Waals surface area contributed by atoms with Gasteiger partial charge < -0.3 is 23.7 Å². The smallest absolute Gasteiger partial charge is 0.352 e. The van der Waals surface area contributed by atoms with Crippen molar-refractivity contribution in [2.75, 3.05) is 31.2 Å². The molecule has 4 rings (SSSR count). The van der Waals surface area contributed by atoms with E-state index in [0.29, 0.717) is 31.2 Å². The number of rotatable bonds is 4. The average molecular weight is 328 g/mol. The van der Waals surface area contributed by atoms with Crippen LogP contribution < -0.4 is 4.90 Å². The number of aromatic nitrogens is 3. The number of fused-ring (bicyclic) bond motifs is 1. The second-order valence-electron chi connectivity index (χ2n) is 5.53. The first kappa shape index (κ1) is 14.7. The number of anilines is 1. The zero-order valence-corrected chi connectivity index (χ0v) is 12.9. The molecule has 0 saturated carbocycles. The molecule has 1 N–H and O–H groups in total. The number of carboxylic acids is 1. The molecule has 0 bridgehead atoms. The summed E-state index contributed by atoms with van der Waals surface area (Å²) in [6.45, 7) is 3.00. The lowest BCUT2D eigenvalue weighted by atomic mass is 10.3. The Morgan fingerprint density at radius 3 is 2.83 bits per heavy atom. The third kappa shape index (κ3) is 2.50. The molecule has 3 aromatic heterocycles. The highest BCUT2D eigenvalue weighted by atomic mass is 16.5. The lowest BCUT2D eigenvalue weighted by molar-refractivity contribution is 0.0686. The first-order valence-corrected chi connectivity index (χ1v) is 7.66. The molecule has 0 amide bonds. The zero-order chi connectivity index (χ0) is 16.5. The summed E-state index contributed by atoms with van der Waals surface area (Å²) in [6, 6.07) is 5.21. The topological polar surface area (TPSA) is 93.6 Å². The molecule has 0 radical (unpaired) electrons. The van der Waals surface area contributed by atoms with Gasteiger partial charge in [-0.25, -0.2) is 14.8 Å². The van der Waals surface area contributed by atoms with Crippen LogP contribution in [0.4, 0.5) is 5.82 Å². The maximum atomic E-state index is 11.7. The van der Waals surface area contributed by atoms with Gasteiger partial charge in [-0.1, -0.05) is 0 Å². The summed E-state index contributed by atoms with van der Waals surface area (Å²) in [5, 5.41) is 10.3. The van der Waals surface area contributed by atoms with E-state index in [9.17, 15) is 9.90 Å². The molecule has 24 heavy (non-hydrogen) atoms. The molecule has 3 aromatic rings. The number of carbonyl (C=O) groups is 1. The van der Waals surface area contributed by atoms with Gasteiger partial charge in [-0.2, -0.15) is 0 Å². The van der Waals surface area contributed by atoms with Crippen LogP contribution in [0.2, 0.25) is 0 Å². The van der Waals surface area contributed by atoms with E-state index in [1.807, 2.05) is 6.07 Å². The summed E-state index contributed by atoms with van der Waals surface area (Å²) in [4.78, 5) is 22.4. The number of nitrogens with zero attached hydrogens (tertiary/aromatic N) is 4. The zero-order valence-electron chi connectivity index (χ0n) is 12.9. The van der Waals surface area contributed by atoms with Crippen molar-refractivity contribution >= 4 is 22.8 Å². The molecule has 1 aliphatic rings. The van der Waals surface area contributed by atoms with E-state index in [4.69, 9.17) is 9.15 Å². The Morgan fingerprint density at radius 2 is 2.12 bits per heavy atom. The van der Waals surface area contributed by atoms with E-state index in [2.05, 4.69) is 14.9 Å². The van der Waals surface area contributed by atoms with Gasteiger partial charge in [0.15, 0.2) is 0 Å². The summed E-state index contributed by atoms with van der Waals surface area (Å²) in [5.41, 5.74) is 0.747. The van der Waals surface area contributed by atoms with Crippen LogP contribution in [0.25, 0.3) is 11.0 Å². The normalized spacial score (nSPS) is 15.1. The third-order valence-corrected chi connectivity index (χ3v) is 4.09. The maximum absolute atomic E-state index is 11.7. The Bertz CT molecular complexity index is 866. The van der Waals surface area contributed by atoms with E-state index < -0.39 is 5.97 Å². The van der Waals surface area contributed by atoms with Gasteiger partial charge in [0.05, 0.1) is 31.4 Å². The fourth-order valence-corrected chi connectivity index (χ4v) is 2.97. The SMILES string of the molecule is O=C(O)c1cc2c(N3CCOCC3)ncnc2n1Cc1ccco1. The maximum Gasteiger partial charge on any atom is 0.352 e. The molecule has 1 aliphatic heterocycles. The Balaban J connectivity index is 1.84. The monoisotopic (exact) mass is 328 g/mol. The van der Waals surface area contributed by atoms with Crippen molar-refractivity contribution in [1.82, 2.24) is 14.5 Å². The second kappa shape index (κ2) is 5.97. The van der Waals surface area contributed by atoms with Crippen molar-refractivity contribution < 1.29 is 19.1 Å². The van der Waals surface area contributed by atoms with E-state index in [1.165, 1.54) is 6.33 Å². The first-order chi connectivity index (χ1) is 11.7. The van der Waals surface area contributed by atoms with E-state index in [-0.39, 0.29) is 5.69 Å². The van der Waals surface area contributed by atoms with Crippen LogP contribution in [0, 0.1) is 0 Å². The molecule has 4 heterocycles. The molecular weight excluding hydrogens is 312 g/mol. The number of ether oxygens (including phenoxy) is 1. The van der Waals surface area contributed by atoms with Crippen molar-refractivity contribution in [1.29, 1.82) is 0 Å². The highest BCUT2D eigenvalue weighted by Crippen LogP contribution is 2.28. The van der Waals surface area contributed by atoms with Gasteiger partial charge in [0.1, 0.15) is 29.2 Å². The largest absolute Gasteiger partial charge is 0.477 e. The molecule has 0 aliphatic carbocycles. The minimum Gasteiger partial charge on any atom is -0.477 e. The van der Waals surface area contributed by atoms with E-state index >= 15 is 0 Å². The quantitative estimate of drug-likeness (QED) is 0.777. The van der Waals surface area contributed by atoms with Gasteiger partial charge in [-0.05, 0) is 18.2 Å². The molecule has 0 aromatic carbocycles. The molecule has 0 unspecified atom stereocenters. The lowest BCUT2D eigenvalue weighted by Crippen LogP contribution is -2.36. The van der Waals surface area contributed by atoms with Crippen LogP contribution in [0.15, 0.2) is 35.2 Å². The van der Waals surface area contributed by atoms with E-state index in [1.54, 1.807) is 23.0 Å². The lowest BCUT2D eigenvalue weighted by Gasteiger charge is -2.28. The molecule has 0 atom stereocenters. The number of morpholine rings is 1. The van der Waals surface area contributed by atoms with Crippen molar-refractivity contribution in [2.24, 2.45) is 0 Å². The predicted octanol–water partition coefficient (Wildman–Crippen LogP) is 1.61. The predicted molar refractivity (Wildman–Crippen MR) is 85.3 cm³/mol. The highest BCUT2D eigenvalue weighted by molar-refractivity contribution is 5.97. The summed E-state index contributed by atoms with van der Waals surface area (Å²) >= 11 is 0. The van der Waals surface area contributed by atoms with Gasteiger partial charge in [-0.15, -0.1) is 0 Å². The summed E-state index contributed by atoms with van der Waals surface area (Å²) < 4.78 is 12.4. The molecule has 124 valence electrons. The van der Waals surface area contributed by atoms with Crippen LogP contribution in [-0.2, 0) is 11.3 Å². The van der Waals surface area contributed by atoms with Crippen molar-refractivity contribution in [2.45, 2.75) is 6.54 Å². The van der Waals surface area contributed by atoms with Crippen LogP contribution in [0.3, 0.4) is 0 Å². The summed E-state index contributed by atoms with van der Waals surface area (Å²) in [5.74, 6) is 0.401. The van der Waals surface area contributed by atoms with Crippen molar-refractivity contribution in [3.05, 3.63) is 42.2 Å². The fraction of sp³-hybridized carbons (Fsp3) is 0.312. The van der Waals surface area contributed by atoms with Crippen LogP contribution in [-0.4, -0.2) is 51.9 Å². The summed E-state index contributed by atoms with van der Waals surface area (Å²) in [6.07, 6.45) is 3.03. The van der Waals surface area contributed by atoms with Crippen molar-refractivity contribution in [3.63, 3.8) is 0 Å². The molecule has 1 saturated heterocycles. The van der Waals surface area contributed by atoms with Crippen LogP contribution in [0.1, 0.15) is 16.2 Å². The van der Waals surface area contributed by atoms with Gasteiger partial charge in [0.25, 0.3) is 0 Å². The van der Waals surface area contributed by atoms with Gasteiger partial charge in [-0.3, -0.25) is 0 Å². The Morgan fingerprint density at radius 1 is 1.29 bits per heavy atom. The van der Waals surface area contributed by atoms with E-state index in [0.717, 1.165) is 24.3 Å². The number of carboxylic acid groups (broad SMARTS) is 1. The highest BCUT2D eigenvalue weighted by Gasteiger charge is 2.22. The second-order valence-corrected chi connectivity index (χ2v) is 5.53. The third-order valence-electron chi connectivity index (χ3n) is 4.09. The van der Waals surface area contributed by atoms with Crippen LogP contribution >= 0.6 is 0 Å². The number of hydrogen-bond acceptors (Lipinski definition) is 6. The Kier molecular flexibility index (Phi) is 3.66. The first-order valence-electron chi connectivity index (χ1n) is 7.66. The summed E-state index contributed by atoms with van der Waals surface area (Å²) in [7, 11) is 0. The number of furan rings is 1. The standard InChI is InChI=1S/C16H16N4O4/c21-16(22)13-8-12-14(19-3-6-23-7-4-19)17-10-18-15(12)20(13)9-11-2-1-5-24-11/h1-2,5,8,10H,3-4,6-7,9H2,(H,21,22). The Hall–Kier alpha value is -2.87. The number of hydrogen-bond donors (Lipinski definition) is 1. The molecule has 1 fully saturated rings. The fourth-order valence-electron chi connectivity index (χ4n) is 2.97. The van der Waals surface area contributed by atoms with Gasteiger partial charge in [0, 0.05) is 13.1 Å². The molecule has 0 spiro atoms. The average Bonchev–Trinajstić information content (AvgIpc) is 3.24. The Labute approximate surface area is 137 Å². The minimum absolute atomic E-state index is 0.163. The van der Waals surface area contributed by atoms with Crippen molar-refractivity contribution in [3.8, 4) is 0 Å². The van der Waals surface area contributed by atoms with Crippen LogP contribution in [0.5, 0.6) is 0 Å². The molecule has 8 heteroatoms.